The van der Waals surface area contributed by atoms with Crippen LogP contribution in [0.25, 0.3) is 0 Å². The smallest absolute Gasteiger partial charge is 0.165 e. The Morgan fingerprint density at radius 3 is 2.45 bits per heavy atom. The van der Waals surface area contributed by atoms with Crippen LogP contribution in [0.3, 0.4) is 0 Å². The third-order valence-electron chi connectivity index (χ3n) is 4.82. The fourth-order valence-corrected chi connectivity index (χ4v) is 3.79. The number of benzene rings is 1. The van der Waals surface area contributed by atoms with Gasteiger partial charge in [0.25, 0.3) is 0 Å². The standard InChI is InChI=1S/C16H21NO3/c1-17-12-10-16(4-2-3-5-16)20-13-9-15-14(8-11(12)13)18-6-7-19-15/h8-9,12,17H,2-7,10H2,1H3. The summed E-state index contributed by atoms with van der Waals surface area (Å²) >= 11 is 0. The summed E-state index contributed by atoms with van der Waals surface area (Å²) in [5, 5.41) is 3.44. The zero-order chi connectivity index (χ0) is 13.6. The molecule has 1 aliphatic carbocycles. The van der Waals surface area contributed by atoms with Crippen LogP contribution in [0.4, 0.5) is 0 Å². The molecule has 1 aromatic rings. The van der Waals surface area contributed by atoms with Gasteiger partial charge in [-0.05, 0) is 38.8 Å². The summed E-state index contributed by atoms with van der Waals surface area (Å²) in [5.74, 6) is 2.64. The fraction of sp³-hybridized carbons (Fsp3) is 0.625. The summed E-state index contributed by atoms with van der Waals surface area (Å²) in [6, 6.07) is 4.45. The van der Waals surface area contributed by atoms with E-state index < -0.39 is 0 Å². The SMILES string of the molecule is CNC1CC2(CCCC2)Oc2cc3c(cc21)OCCO3. The van der Waals surface area contributed by atoms with Crippen molar-refractivity contribution in [2.75, 3.05) is 20.3 Å². The van der Waals surface area contributed by atoms with E-state index in [-0.39, 0.29) is 5.60 Å². The first-order chi connectivity index (χ1) is 9.80. The largest absolute Gasteiger partial charge is 0.487 e. The lowest BCUT2D eigenvalue weighted by molar-refractivity contribution is 0.0369. The highest BCUT2D eigenvalue weighted by molar-refractivity contribution is 5.53. The summed E-state index contributed by atoms with van der Waals surface area (Å²) in [7, 11) is 2.03. The second kappa shape index (κ2) is 4.55. The van der Waals surface area contributed by atoms with Crippen molar-refractivity contribution in [1.29, 1.82) is 0 Å². The normalized spacial score (nSPS) is 26.1. The topological polar surface area (TPSA) is 39.7 Å². The van der Waals surface area contributed by atoms with Crippen LogP contribution in [0.15, 0.2) is 12.1 Å². The summed E-state index contributed by atoms with van der Waals surface area (Å²) < 4.78 is 17.8. The first-order valence-corrected chi connectivity index (χ1v) is 7.59. The van der Waals surface area contributed by atoms with Crippen molar-refractivity contribution >= 4 is 0 Å². The highest BCUT2D eigenvalue weighted by atomic mass is 16.6. The number of rotatable bonds is 1. The van der Waals surface area contributed by atoms with Crippen molar-refractivity contribution in [3.63, 3.8) is 0 Å². The summed E-state index contributed by atoms with van der Waals surface area (Å²) in [6.07, 6.45) is 5.93. The Hall–Kier alpha value is -1.42. The highest BCUT2D eigenvalue weighted by Gasteiger charge is 2.43. The molecule has 20 heavy (non-hydrogen) atoms. The number of hydrogen-bond donors (Lipinski definition) is 1. The van der Waals surface area contributed by atoms with Gasteiger partial charge in [-0.15, -0.1) is 0 Å². The van der Waals surface area contributed by atoms with Crippen molar-refractivity contribution in [3.8, 4) is 17.2 Å². The lowest BCUT2D eigenvalue weighted by atomic mass is 9.86. The minimum atomic E-state index is 0.0322. The van der Waals surface area contributed by atoms with E-state index in [2.05, 4.69) is 11.4 Å². The molecular weight excluding hydrogens is 254 g/mol. The molecule has 108 valence electrons. The molecule has 1 spiro atoms. The van der Waals surface area contributed by atoms with E-state index in [9.17, 15) is 0 Å². The molecule has 1 atom stereocenters. The molecule has 1 unspecified atom stereocenters. The van der Waals surface area contributed by atoms with E-state index in [1.807, 2.05) is 13.1 Å². The maximum Gasteiger partial charge on any atom is 0.165 e. The minimum absolute atomic E-state index is 0.0322. The molecule has 1 N–H and O–H groups in total. The predicted molar refractivity (Wildman–Crippen MR) is 75.7 cm³/mol. The summed E-state index contributed by atoms with van der Waals surface area (Å²) in [4.78, 5) is 0. The molecule has 0 amide bonds. The van der Waals surface area contributed by atoms with Gasteiger partial charge in [-0.1, -0.05) is 0 Å². The first kappa shape index (κ1) is 12.3. The number of fused-ring (bicyclic) bond motifs is 2. The Morgan fingerprint density at radius 2 is 1.75 bits per heavy atom. The number of nitrogens with one attached hydrogen (secondary N) is 1. The number of hydrogen-bond acceptors (Lipinski definition) is 4. The second-order valence-corrected chi connectivity index (χ2v) is 6.07. The molecule has 2 aliphatic heterocycles. The average Bonchev–Trinajstić information content (AvgIpc) is 2.92. The first-order valence-electron chi connectivity index (χ1n) is 7.59. The van der Waals surface area contributed by atoms with E-state index in [4.69, 9.17) is 14.2 Å². The van der Waals surface area contributed by atoms with E-state index in [0.717, 1.165) is 23.7 Å². The van der Waals surface area contributed by atoms with Gasteiger partial charge in [0.05, 0.1) is 0 Å². The molecule has 0 saturated heterocycles. The van der Waals surface area contributed by atoms with Crippen LogP contribution < -0.4 is 19.5 Å². The molecule has 1 saturated carbocycles. The molecule has 2 heterocycles. The second-order valence-electron chi connectivity index (χ2n) is 6.07. The minimum Gasteiger partial charge on any atom is -0.487 e. The van der Waals surface area contributed by atoms with E-state index in [0.29, 0.717) is 19.3 Å². The van der Waals surface area contributed by atoms with Crippen molar-refractivity contribution in [2.45, 2.75) is 43.7 Å². The molecule has 0 radical (unpaired) electrons. The van der Waals surface area contributed by atoms with Crippen molar-refractivity contribution < 1.29 is 14.2 Å². The van der Waals surface area contributed by atoms with Gasteiger partial charge in [0.15, 0.2) is 11.5 Å². The molecule has 4 rings (SSSR count). The molecule has 1 aromatic carbocycles. The highest BCUT2D eigenvalue weighted by Crippen LogP contribution is 2.50. The van der Waals surface area contributed by atoms with Crippen LogP contribution in [-0.2, 0) is 0 Å². The molecule has 0 aromatic heterocycles. The third-order valence-corrected chi connectivity index (χ3v) is 4.82. The Balaban J connectivity index is 1.76. The molecule has 1 fully saturated rings. The van der Waals surface area contributed by atoms with E-state index in [1.54, 1.807) is 0 Å². The van der Waals surface area contributed by atoms with E-state index in [1.165, 1.54) is 31.2 Å². The maximum atomic E-state index is 6.40. The summed E-state index contributed by atoms with van der Waals surface area (Å²) in [6.45, 7) is 1.24. The monoisotopic (exact) mass is 275 g/mol. The maximum absolute atomic E-state index is 6.40. The Bertz CT molecular complexity index is 523. The van der Waals surface area contributed by atoms with Crippen LogP contribution in [-0.4, -0.2) is 25.9 Å². The zero-order valence-corrected chi connectivity index (χ0v) is 11.9. The van der Waals surface area contributed by atoms with Gasteiger partial charge in [0, 0.05) is 24.1 Å². The van der Waals surface area contributed by atoms with Crippen molar-refractivity contribution in [1.82, 2.24) is 5.32 Å². The molecular formula is C16H21NO3. The van der Waals surface area contributed by atoms with Gasteiger partial charge in [-0.25, -0.2) is 0 Å². The van der Waals surface area contributed by atoms with Gasteiger partial charge in [-0.3, -0.25) is 0 Å². The van der Waals surface area contributed by atoms with Gasteiger partial charge < -0.3 is 19.5 Å². The van der Waals surface area contributed by atoms with Gasteiger partial charge in [-0.2, -0.15) is 0 Å². The quantitative estimate of drug-likeness (QED) is 0.855. The van der Waals surface area contributed by atoms with Crippen LogP contribution in [0.5, 0.6) is 17.2 Å². The zero-order valence-electron chi connectivity index (χ0n) is 11.9. The molecule has 0 bridgehead atoms. The van der Waals surface area contributed by atoms with E-state index >= 15 is 0 Å². The Morgan fingerprint density at radius 1 is 1.05 bits per heavy atom. The molecule has 3 aliphatic rings. The Kier molecular flexibility index (Phi) is 2.81. The van der Waals surface area contributed by atoms with Crippen LogP contribution in [0, 0.1) is 0 Å². The van der Waals surface area contributed by atoms with Gasteiger partial charge >= 0.3 is 0 Å². The lowest BCUT2D eigenvalue weighted by Gasteiger charge is -2.40. The number of ether oxygens (including phenoxy) is 3. The average molecular weight is 275 g/mol. The lowest BCUT2D eigenvalue weighted by Crippen LogP contribution is -2.41. The molecule has 4 heteroatoms. The van der Waals surface area contributed by atoms with Crippen LogP contribution >= 0.6 is 0 Å². The third kappa shape index (κ3) is 1.85. The van der Waals surface area contributed by atoms with Gasteiger partial charge in [0.2, 0.25) is 0 Å². The van der Waals surface area contributed by atoms with Crippen LogP contribution in [0.1, 0.15) is 43.7 Å². The van der Waals surface area contributed by atoms with Crippen molar-refractivity contribution in [2.24, 2.45) is 0 Å². The van der Waals surface area contributed by atoms with Crippen LogP contribution in [0.2, 0.25) is 0 Å². The van der Waals surface area contributed by atoms with Crippen molar-refractivity contribution in [3.05, 3.63) is 17.7 Å². The predicted octanol–water partition coefficient (Wildman–Crippen LogP) is 2.81. The molecule has 4 nitrogen and oxygen atoms in total. The fourth-order valence-electron chi connectivity index (χ4n) is 3.79. The summed E-state index contributed by atoms with van der Waals surface area (Å²) in [5.41, 5.74) is 1.24. The Labute approximate surface area is 119 Å². The van der Waals surface area contributed by atoms with Gasteiger partial charge in [0.1, 0.15) is 24.6 Å².